The molecule has 0 radical (unpaired) electrons. The van der Waals surface area contributed by atoms with Gasteiger partial charge in [0.1, 0.15) is 12.2 Å². The van der Waals surface area contributed by atoms with Crippen LogP contribution >= 0.6 is 0 Å². The summed E-state index contributed by atoms with van der Waals surface area (Å²) in [6.07, 6.45) is 4.70. The number of amidine groups is 1. The van der Waals surface area contributed by atoms with Gasteiger partial charge in [-0.05, 0) is 86.5 Å². The molecule has 1 heterocycles. The molecule has 5 aliphatic rings. The summed E-state index contributed by atoms with van der Waals surface area (Å²) in [6.45, 7) is 21.2. The van der Waals surface area contributed by atoms with Gasteiger partial charge in [0.15, 0.2) is 5.78 Å². The molecule has 1 aliphatic heterocycles. The first-order valence-corrected chi connectivity index (χ1v) is 17.5. The van der Waals surface area contributed by atoms with Gasteiger partial charge in [-0.1, -0.05) is 54.0 Å². The highest BCUT2D eigenvalue weighted by Gasteiger charge is 2.74. The molecule has 9 heteroatoms. The van der Waals surface area contributed by atoms with E-state index in [9.17, 15) is 19.5 Å². The fourth-order valence-corrected chi connectivity index (χ4v) is 11.6. The van der Waals surface area contributed by atoms with Crippen molar-refractivity contribution in [3.8, 4) is 0 Å². The summed E-state index contributed by atoms with van der Waals surface area (Å²) in [4.78, 5) is 40.6. The fraction of sp³-hybridized carbons (Fsp3) is 0.838. The number of fused-ring (bicyclic) bond motifs is 3. The molecular formula is C37H58N2O7. The van der Waals surface area contributed by atoms with E-state index in [1.54, 1.807) is 6.92 Å². The maximum absolute atomic E-state index is 14.8. The van der Waals surface area contributed by atoms with Crippen molar-refractivity contribution < 1.29 is 33.7 Å². The highest BCUT2D eigenvalue weighted by atomic mass is 16.6. The van der Waals surface area contributed by atoms with E-state index in [0.29, 0.717) is 38.0 Å². The van der Waals surface area contributed by atoms with E-state index in [0.717, 1.165) is 31.3 Å². The van der Waals surface area contributed by atoms with Crippen LogP contribution in [0.15, 0.2) is 11.6 Å². The van der Waals surface area contributed by atoms with Crippen molar-refractivity contribution >= 4 is 23.6 Å². The number of nitrogens with one attached hydrogen (secondary N) is 2. The van der Waals surface area contributed by atoms with Gasteiger partial charge in [0.2, 0.25) is 0 Å². The molecule has 0 amide bonds. The topological polar surface area (TPSA) is 135 Å². The summed E-state index contributed by atoms with van der Waals surface area (Å²) in [6, 6.07) is -0.0973. The standard InChI is InChI=1S/C37H58N2O7/c1-20(2)22(4)33(7)13-14-35(9)25-11-12-28-34(8)18-44-19-37(28,26(25)15-29(41)36(35,10)30(33)32(42)43)16-27(46-24(6)40)31(34)45-17-21(3)39-23(5)38/h15,20-22,25,27-28,30-31H,11-14,16-19H2,1-10H3,(H2,38,39)(H,42,43)/t21?,22-,25+,27-,28+,30-,31+,33-,34+,35-,36+,37+/m1/s1. The minimum Gasteiger partial charge on any atom is -0.481 e. The van der Waals surface area contributed by atoms with Crippen LogP contribution < -0.4 is 5.32 Å². The van der Waals surface area contributed by atoms with Gasteiger partial charge in [0, 0.05) is 29.2 Å². The number of allylic oxidation sites excluding steroid dienone is 1. The molecule has 4 fully saturated rings. The molecule has 0 aromatic heterocycles. The number of aliphatic carboxylic acids is 1. The monoisotopic (exact) mass is 642 g/mol. The SMILES string of the molecule is CC(=N)NC(C)CO[C@H]1[C@H](OC(C)=O)C[C@@]23COC[C@@]1(C)[C@@H]2CC[C@H]1C3=CC(=O)[C@@]2(C)[C@H](C(=O)O)[C@@](C)([C@H](C)C(C)C)CC[C@]12C. The molecule has 12 atom stereocenters. The highest BCUT2D eigenvalue weighted by molar-refractivity contribution is 6.00. The Morgan fingerprint density at radius 2 is 1.76 bits per heavy atom. The molecule has 5 rings (SSSR count). The van der Waals surface area contributed by atoms with E-state index in [1.165, 1.54) is 6.92 Å². The van der Waals surface area contributed by atoms with Crippen LogP contribution in [0.3, 0.4) is 0 Å². The summed E-state index contributed by atoms with van der Waals surface area (Å²) >= 11 is 0. The first-order valence-electron chi connectivity index (χ1n) is 17.5. The van der Waals surface area contributed by atoms with E-state index < -0.39 is 51.2 Å². The number of ether oxygens (including phenoxy) is 3. The Bertz CT molecular complexity index is 1310. The Balaban J connectivity index is 1.60. The van der Waals surface area contributed by atoms with Gasteiger partial charge < -0.3 is 24.6 Å². The van der Waals surface area contributed by atoms with Crippen LogP contribution in [0.1, 0.15) is 101 Å². The van der Waals surface area contributed by atoms with Gasteiger partial charge in [0.25, 0.3) is 0 Å². The van der Waals surface area contributed by atoms with E-state index >= 15 is 0 Å². The Kier molecular flexibility index (Phi) is 8.93. The van der Waals surface area contributed by atoms with Gasteiger partial charge in [-0.2, -0.15) is 0 Å². The van der Waals surface area contributed by atoms with Gasteiger partial charge >= 0.3 is 11.9 Å². The van der Waals surface area contributed by atoms with E-state index in [2.05, 4.69) is 46.9 Å². The predicted octanol–water partition coefficient (Wildman–Crippen LogP) is 6.05. The van der Waals surface area contributed by atoms with Crippen LogP contribution in [0, 0.1) is 62.1 Å². The molecule has 0 spiro atoms. The molecule has 46 heavy (non-hydrogen) atoms. The summed E-state index contributed by atoms with van der Waals surface area (Å²) in [7, 11) is 0. The molecule has 258 valence electrons. The third-order valence-electron chi connectivity index (χ3n) is 14.3. The zero-order valence-corrected chi connectivity index (χ0v) is 29.7. The number of hydrogen-bond donors (Lipinski definition) is 3. The molecule has 9 nitrogen and oxygen atoms in total. The summed E-state index contributed by atoms with van der Waals surface area (Å²) < 4.78 is 19.1. The maximum atomic E-state index is 14.8. The molecule has 4 aliphatic carbocycles. The van der Waals surface area contributed by atoms with E-state index in [4.69, 9.17) is 19.6 Å². The zero-order valence-electron chi connectivity index (χ0n) is 29.7. The second-order valence-corrected chi connectivity index (χ2v) is 17.0. The average Bonchev–Trinajstić information content (AvgIpc) is 2.93. The minimum absolute atomic E-state index is 0.0217. The normalized spacial score (nSPS) is 44.5. The molecule has 0 aromatic rings. The van der Waals surface area contributed by atoms with Crippen molar-refractivity contribution in [2.24, 2.45) is 56.7 Å². The highest BCUT2D eigenvalue weighted by Crippen LogP contribution is 2.74. The fourth-order valence-electron chi connectivity index (χ4n) is 11.6. The first kappa shape index (κ1) is 35.1. The number of esters is 1. The van der Waals surface area contributed by atoms with Crippen LogP contribution in [0.2, 0.25) is 0 Å². The second kappa shape index (κ2) is 11.7. The number of ketones is 1. The van der Waals surface area contributed by atoms with Crippen molar-refractivity contribution in [3.63, 3.8) is 0 Å². The Labute approximate surface area is 275 Å². The Morgan fingerprint density at radius 1 is 1.09 bits per heavy atom. The Morgan fingerprint density at radius 3 is 2.35 bits per heavy atom. The van der Waals surface area contributed by atoms with Gasteiger partial charge in [-0.3, -0.25) is 19.8 Å². The molecule has 3 saturated carbocycles. The lowest BCUT2D eigenvalue weighted by atomic mass is 9.34. The smallest absolute Gasteiger partial charge is 0.308 e. The van der Waals surface area contributed by atoms with Crippen molar-refractivity contribution in [3.05, 3.63) is 11.6 Å². The molecule has 2 bridgehead atoms. The van der Waals surface area contributed by atoms with Crippen molar-refractivity contribution in [2.75, 3.05) is 19.8 Å². The van der Waals surface area contributed by atoms with Crippen LogP contribution in [0.5, 0.6) is 0 Å². The van der Waals surface area contributed by atoms with Gasteiger partial charge in [0.05, 0.1) is 31.6 Å². The molecule has 0 aromatic carbocycles. The van der Waals surface area contributed by atoms with E-state index in [1.807, 2.05) is 19.9 Å². The zero-order chi connectivity index (χ0) is 34.2. The quantitative estimate of drug-likeness (QED) is 0.166. The largest absolute Gasteiger partial charge is 0.481 e. The summed E-state index contributed by atoms with van der Waals surface area (Å²) in [5, 5.41) is 21.8. The first-order chi connectivity index (χ1) is 21.3. The molecular weight excluding hydrogens is 584 g/mol. The third kappa shape index (κ3) is 4.91. The number of carboxylic acid groups (broad SMARTS) is 1. The van der Waals surface area contributed by atoms with Gasteiger partial charge in [-0.25, -0.2) is 0 Å². The molecule has 3 N–H and O–H groups in total. The van der Waals surface area contributed by atoms with Gasteiger partial charge in [-0.15, -0.1) is 0 Å². The second-order valence-electron chi connectivity index (χ2n) is 17.0. The number of carbonyl (C=O) groups excluding carboxylic acids is 2. The van der Waals surface area contributed by atoms with Crippen molar-refractivity contribution in [1.29, 1.82) is 5.41 Å². The number of rotatable bonds is 8. The van der Waals surface area contributed by atoms with E-state index in [-0.39, 0.29) is 35.5 Å². The van der Waals surface area contributed by atoms with Crippen LogP contribution in [0.4, 0.5) is 0 Å². The predicted molar refractivity (Wildman–Crippen MR) is 175 cm³/mol. The average molecular weight is 643 g/mol. The number of hydrogen-bond acceptors (Lipinski definition) is 7. The van der Waals surface area contributed by atoms with Crippen LogP contribution in [-0.4, -0.2) is 66.7 Å². The number of carbonyl (C=O) groups is 3. The van der Waals surface area contributed by atoms with Crippen molar-refractivity contribution in [2.45, 2.75) is 120 Å². The Hall–Kier alpha value is -2.26. The van der Waals surface area contributed by atoms with Crippen LogP contribution in [0.25, 0.3) is 0 Å². The lowest BCUT2D eigenvalue weighted by Gasteiger charge is -2.70. The summed E-state index contributed by atoms with van der Waals surface area (Å²) in [5.74, 6) is -1.17. The molecule has 1 saturated heterocycles. The third-order valence-corrected chi connectivity index (χ3v) is 14.3. The lowest BCUT2D eigenvalue weighted by molar-refractivity contribution is -0.266. The molecule has 1 unspecified atom stereocenters. The maximum Gasteiger partial charge on any atom is 0.308 e. The lowest BCUT2D eigenvalue weighted by Crippen LogP contribution is -2.71. The van der Waals surface area contributed by atoms with Crippen molar-refractivity contribution in [1.82, 2.24) is 5.32 Å². The summed E-state index contributed by atoms with van der Waals surface area (Å²) in [5.41, 5.74) is -2.04. The number of carboxylic acids is 1. The minimum atomic E-state index is -1.06. The van der Waals surface area contributed by atoms with Crippen LogP contribution in [-0.2, 0) is 28.6 Å².